The van der Waals surface area contributed by atoms with Crippen LogP contribution >= 0.6 is 11.6 Å². The predicted octanol–water partition coefficient (Wildman–Crippen LogP) is 4.47. The minimum atomic E-state index is -0.767. The summed E-state index contributed by atoms with van der Waals surface area (Å²) in [6, 6.07) is 15.3. The van der Waals surface area contributed by atoms with Gasteiger partial charge in [-0.2, -0.15) is 4.98 Å². The number of halogens is 1. The van der Waals surface area contributed by atoms with Crippen molar-refractivity contribution in [2.75, 3.05) is 26.2 Å². The number of carboxylic acids is 1. The van der Waals surface area contributed by atoms with Crippen molar-refractivity contribution in [1.29, 1.82) is 0 Å². The molecule has 0 amide bonds. The van der Waals surface area contributed by atoms with Crippen LogP contribution < -0.4 is 0 Å². The van der Waals surface area contributed by atoms with E-state index >= 15 is 0 Å². The van der Waals surface area contributed by atoms with Gasteiger partial charge in [0.1, 0.15) is 6.61 Å². The number of aliphatic carboxylic acids is 1. The number of piperidine rings is 1. The van der Waals surface area contributed by atoms with E-state index in [1.54, 1.807) is 0 Å². The Morgan fingerprint density at radius 2 is 1.94 bits per heavy atom. The molecule has 190 valence electrons. The molecule has 1 aliphatic carbocycles. The summed E-state index contributed by atoms with van der Waals surface area (Å²) in [7, 11) is 0. The molecule has 1 unspecified atom stereocenters. The fourth-order valence-corrected chi connectivity index (χ4v) is 4.99. The van der Waals surface area contributed by atoms with Crippen molar-refractivity contribution in [3.63, 3.8) is 0 Å². The first-order chi connectivity index (χ1) is 17.4. The van der Waals surface area contributed by atoms with Gasteiger partial charge < -0.3 is 19.5 Å². The predicted molar refractivity (Wildman–Crippen MR) is 134 cm³/mol. The normalized spacial score (nSPS) is 20.2. The Labute approximate surface area is 214 Å². The molecule has 0 radical (unpaired) electrons. The number of rotatable bonds is 10. The Balaban J connectivity index is 1.13. The van der Waals surface area contributed by atoms with E-state index in [1.807, 2.05) is 41.3 Å². The second kappa shape index (κ2) is 10.7. The zero-order chi connectivity index (χ0) is 25.1. The number of likely N-dealkylation sites (tertiary alicyclic amines) is 1. The zero-order valence-corrected chi connectivity index (χ0v) is 20.7. The van der Waals surface area contributed by atoms with E-state index in [0.29, 0.717) is 37.8 Å². The van der Waals surface area contributed by atoms with Gasteiger partial charge in [0.25, 0.3) is 5.89 Å². The second-order valence-corrected chi connectivity index (χ2v) is 10.3. The molecule has 2 aromatic carbocycles. The van der Waals surface area contributed by atoms with Gasteiger partial charge in [0, 0.05) is 29.1 Å². The van der Waals surface area contributed by atoms with Gasteiger partial charge in [-0.15, -0.1) is 0 Å². The first-order valence-electron chi connectivity index (χ1n) is 12.3. The van der Waals surface area contributed by atoms with Gasteiger partial charge in [-0.3, -0.25) is 9.69 Å². The van der Waals surface area contributed by atoms with E-state index in [4.69, 9.17) is 20.9 Å². The second-order valence-electron chi connectivity index (χ2n) is 9.87. The molecule has 2 N–H and O–H groups in total. The lowest BCUT2D eigenvalue weighted by atomic mass is 9.97. The molecule has 5 rings (SSSR count). The molecular weight excluding hydrogens is 482 g/mol. The van der Waals surface area contributed by atoms with Crippen LogP contribution in [0.3, 0.4) is 0 Å². The smallest absolute Gasteiger partial charge is 0.307 e. The van der Waals surface area contributed by atoms with E-state index in [1.165, 1.54) is 5.56 Å². The van der Waals surface area contributed by atoms with Crippen molar-refractivity contribution >= 4 is 17.6 Å². The number of aliphatic hydroxyl groups excluding tert-OH is 1. The van der Waals surface area contributed by atoms with Crippen molar-refractivity contribution < 1.29 is 24.3 Å². The monoisotopic (exact) mass is 511 g/mol. The molecule has 2 heterocycles. The summed E-state index contributed by atoms with van der Waals surface area (Å²) >= 11 is 6.01. The van der Waals surface area contributed by atoms with E-state index < -0.39 is 12.1 Å². The molecular formula is C27H30ClN3O5. The van der Waals surface area contributed by atoms with Crippen LogP contribution in [0.2, 0.25) is 5.02 Å². The Bertz CT molecular complexity index is 1180. The number of β-amino-alcohol motifs (C(OH)–C–C–N with tert-alkyl or cyclic N) is 1. The van der Waals surface area contributed by atoms with Crippen LogP contribution in [0.5, 0.6) is 0 Å². The van der Waals surface area contributed by atoms with Crippen molar-refractivity contribution in [1.82, 2.24) is 15.0 Å². The fraction of sp³-hybridized carbons (Fsp3) is 0.444. The van der Waals surface area contributed by atoms with Gasteiger partial charge in [-0.05, 0) is 55.5 Å². The Morgan fingerprint density at radius 3 is 2.64 bits per heavy atom. The summed E-state index contributed by atoms with van der Waals surface area (Å²) in [5.41, 5.74) is 2.83. The van der Waals surface area contributed by atoms with Crippen LogP contribution in [-0.4, -0.2) is 57.5 Å². The van der Waals surface area contributed by atoms with Crippen LogP contribution in [0.25, 0.3) is 11.4 Å². The average Bonchev–Trinajstić information content (AvgIpc) is 3.52. The summed E-state index contributed by atoms with van der Waals surface area (Å²) in [4.78, 5) is 17.8. The number of benzene rings is 2. The van der Waals surface area contributed by atoms with Gasteiger partial charge in [0.05, 0.1) is 18.6 Å². The fourth-order valence-electron chi connectivity index (χ4n) is 4.86. The van der Waals surface area contributed by atoms with E-state index in [2.05, 4.69) is 22.3 Å². The molecule has 36 heavy (non-hydrogen) atoms. The summed E-state index contributed by atoms with van der Waals surface area (Å²) < 4.78 is 11.3. The van der Waals surface area contributed by atoms with Gasteiger partial charge in [0.15, 0.2) is 0 Å². The lowest BCUT2D eigenvalue weighted by Gasteiger charge is -2.32. The van der Waals surface area contributed by atoms with Crippen LogP contribution in [0, 0.1) is 5.92 Å². The number of ether oxygens (including phenoxy) is 1. The molecule has 9 heteroatoms. The van der Waals surface area contributed by atoms with E-state index in [9.17, 15) is 15.0 Å². The third-order valence-electron chi connectivity index (χ3n) is 7.22. The molecule has 0 spiro atoms. The summed E-state index contributed by atoms with van der Waals surface area (Å²) in [6.07, 6.45) is 2.99. The molecule has 2 atom stereocenters. The first-order valence-corrected chi connectivity index (χ1v) is 12.7. The minimum absolute atomic E-state index is 0.0485. The maximum absolute atomic E-state index is 11.3. The molecule has 1 aliphatic heterocycles. The van der Waals surface area contributed by atoms with Crippen LogP contribution in [-0.2, 0) is 21.6 Å². The Kier molecular flexibility index (Phi) is 7.39. The Hall–Kier alpha value is -2.78. The quantitative estimate of drug-likeness (QED) is 0.410. The van der Waals surface area contributed by atoms with Gasteiger partial charge in [-0.1, -0.05) is 53.2 Å². The number of nitrogens with zero attached hydrogens (tertiary/aromatic N) is 3. The van der Waals surface area contributed by atoms with Crippen molar-refractivity contribution in [2.45, 2.75) is 43.8 Å². The van der Waals surface area contributed by atoms with Crippen LogP contribution in [0.15, 0.2) is 53.1 Å². The van der Waals surface area contributed by atoms with Crippen molar-refractivity contribution in [3.05, 3.63) is 70.6 Å². The average molecular weight is 512 g/mol. The van der Waals surface area contributed by atoms with Crippen molar-refractivity contribution in [2.24, 2.45) is 5.92 Å². The number of aromatic nitrogens is 2. The lowest BCUT2D eigenvalue weighted by molar-refractivity contribution is -0.143. The molecule has 0 bridgehead atoms. The largest absolute Gasteiger partial charge is 0.481 e. The zero-order valence-electron chi connectivity index (χ0n) is 20.0. The topological polar surface area (TPSA) is 109 Å². The third-order valence-corrected chi connectivity index (χ3v) is 7.47. The summed E-state index contributed by atoms with van der Waals surface area (Å²) in [5, 5.41) is 24.7. The summed E-state index contributed by atoms with van der Waals surface area (Å²) in [5.74, 6) is -0.248. The maximum atomic E-state index is 11.3. The molecule has 8 nitrogen and oxygen atoms in total. The molecule has 2 fully saturated rings. The highest BCUT2D eigenvalue weighted by Crippen LogP contribution is 2.48. The summed E-state index contributed by atoms with van der Waals surface area (Å²) in [6.45, 7) is 2.51. The van der Waals surface area contributed by atoms with Crippen LogP contribution in [0.4, 0.5) is 0 Å². The number of aliphatic hydroxyl groups is 1. The number of carbonyl (C=O) groups is 1. The highest BCUT2D eigenvalue weighted by Gasteiger charge is 2.44. The molecule has 1 saturated carbocycles. The van der Waals surface area contributed by atoms with E-state index in [0.717, 1.165) is 42.0 Å². The molecule has 1 aromatic heterocycles. The van der Waals surface area contributed by atoms with Crippen LogP contribution in [0.1, 0.15) is 48.8 Å². The lowest BCUT2D eigenvalue weighted by Crippen LogP contribution is -2.40. The standard InChI is InChI=1S/C27H30ClN3O5/c28-22-9-7-21(8-10-22)27(11-12-27)17-35-16-24-29-25(30-36-24)19-5-3-18(4-6-19)23(32)15-31-13-1-2-20(14-31)26(33)34/h3-10,20,23,32H,1-2,11-17H2,(H,33,34)/t20-,23?/m0/s1. The first kappa shape index (κ1) is 24.9. The third kappa shape index (κ3) is 5.78. The van der Waals surface area contributed by atoms with Gasteiger partial charge in [-0.25, -0.2) is 0 Å². The van der Waals surface area contributed by atoms with E-state index in [-0.39, 0.29) is 17.9 Å². The number of hydrogen-bond acceptors (Lipinski definition) is 7. The van der Waals surface area contributed by atoms with Gasteiger partial charge >= 0.3 is 5.97 Å². The molecule has 3 aromatic rings. The highest BCUT2D eigenvalue weighted by atomic mass is 35.5. The molecule has 1 saturated heterocycles. The maximum Gasteiger partial charge on any atom is 0.307 e. The number of hydrogen-bond donors (Lipinski definition) is 2. The number of carboxylic acid groups (broad SMARTS) is 1. The SMILES string of the molecule is O=C(O)[C@H]1CCCN(CC(O)c2ccc(-c3noc(COCC4(c5ccc(Cl)cc5)CC4)n3)cc2)C1. The Morgan fingerprint density at radius 1 is 1.19 bits per heavy atom. The highest BCUT2D eigenvalue weighted by molar-refractivity contribution is 6.30. The molecule has 2 aliphatic rings. The van der Waals surface area contributed by atoms with Gasteiger partial charge in [0.2, 0.25) is 5.82 Å². The van der Waals surface area contributed by atoms with Crippen molar-refractivity contribution in [3.8, 4) is 11.4 Å². The minimum Gasteiger partial charge on any atom is -0.481 e.